The summed E-state index contributed by atoms with van der Waals surface area (Å²) in [6.07, 6.45) is 2.56. The number of carbonyl (C=O) groups is 1. The van der Waals surface area contributed by atoms with E-state index in [9.17, 15) is 4.79 Å². The van der Waals surface area contributed by atoms with Crippen molar-refractivity contribution in [2.24, 2.45) is 5.92 Å². The number of ether oxygens (including phenoxy) is 1. The molecule has 2 atom stereocenters. The smallest absolute Gasteiger partial charge is 0.224 e. The first-order chi connectivity index (χ1) is 11.7. The molecule has 5 heteroatoms. The van der Waals surface area contributed by atoms with Gasteiger partial charge >= 0.3 is 0 Å². The van der Waals surface area contributed by atoms with Gasteiger partial charge in [-0.25, -0.2) is 0 Å². The van der Waals surface area contributed by atoms with Crippen LogP contribution in [0.4, 0.5) is 5.69 Å². The van der Waals surface area contributed by atoms with Gasteiger partial charge < -0.3 is 15.8 Å². The Morgan fingerprint density at radius 1 is 1.12 bits per heavy atom. The van der Waals surface area contributed by atoms with Crippen LogP contribution in [-0.4, -0.2) is 19.1 Å². The normalized spacial score (nSPS) is 19.7. The van der Waals surface area contributed by atoms with Crippen LogP contribution >= 0.6 is 12.4 Å². The predicted octanol–water partition coefficient (Wildman–Crippen LogP) is 3.52. The van der Waals surface area contributed by atoms with Gasteiger partial charge in [0.15, 0.2) is 0 Å². The van der Waals surface area contributed by atoms with Gasteiger partial charge in [0.1, 0.15) is 0 Å². The summed E-state index contributed by atoms with van der Waals surface area (Å²) in [7, 11) is 0. The van der Waals surface area contributed by atoms with Crippen molar-refractivity contribution >= 4 is 24.0 Å². The average Bonchev–Trinajstić information content (AvgIpc) is 2.63. The molecule has 0 radical (unpaired) electrons. The van der Waals surface area contributed by atoms with Crippen molar-refractivity contribution < 1.29 is 9.53 Å². The van der Waals surface area contributed by atoms with Crippen LogP contribution in [0.1, 0.15) is 30.1 Å². The highest BCUT2D eigenvalue weighted by atomic mass is 35.5. The number of halogens is 1. The maximum absolute atomic E-state index is 12.2. The molecule has 0 aliphatic carbocycles. The Hall–Kier alpha value is -2.04. The number of nitrogens with one attached hydrogen (secondary N) is 1. The van der Waals surface area contributed by atoms with Gasteiger partial charge in [0.2, 0.25) is 5.91 Å². The fraction of sp³-hybridized carbons (Fsp3) is 0.350. The summed E-state index contributed by atoms with van der Waals surface area (Å²) in [6, 6.07) is 17.7. The molecule has 1 aliphatic rings. The molecular weight excluding hydrogens is 336 g/mol. The van der Waals surface area contributed by atoms with E-state index in [1.165, 1.54) is 5.56 Å². The fourth-order valence-corrected chi connectivity index (χ4v) is 3.19. The topological polar surface area (TPSA) is 64.4 Å². The van der Waals surface area contributed by atoms with E-state index < -0.39 is 0 Å². The average molecular weight is 361 g/mol. The highest BCUT2D eigenvalue weighted by molar-refractivity contribution is 5.85. The van der Waals surface area contributed by atoms with E-state index in [1.807, 2.05) is 42.5 Å². The van der Waals surface area contributed by atoms with E-state index in [1.54, 1.807) is 0 Å². The third-order valence-corrected chi connectivity index (χ3v) is 4.48. The van der Waals surface area contributed by atoms with Crippen molar-refractivity contribution in [2.45, 2.75) is 25.4 Å². The molecule has 0 saturated carbocycles. The van der Waals surface area contributed by atoms with E-state index >= 15 is 0 Å². The summed E-state index contributed by atoms with van der Waals surface area (Å²) >= 11 is 0. The maximum Gasteiger partial charge on any atom is 0.224 e. The molecule has 4 nitrogen and oxygen atoms in total. The standard InChI is InChI=1S/C20H24N2O2.ClH/c21-18-10-8-15(9-11-18)13-19(23)22-14-17-7-4-12-24-20(17)16-5-2-1-3-6-16;/h1-3,5-6,8-11,17,20H,4,7,12-14,21H2,(H,22,23);1H. The van der Waals surface area contributed by atoms with Crippen LogP contribution in [0.15, 0.2) is 54.6 Å². The number of benzene rings is 2. The molecule has 2 aromatic carbocycles. The molecule has 1 saturated heterocycles. The van der Waals surface area contributed by atoms with Crippen LogP contribution in [0.25, 0.3) is 0 Å². The SMILES string of the molecule is Cl.Nc1ccc(CC(=O)NCC2CCCOC2c2ccccc2)cc1. The fourth-order valence-electron chi connectivity index (χ4n) is 3.19. The van der Waals surface area contributed by atoms with Crippen LogP contribution in [0.5, 0.6) is 0 Å². The molecule has 1 amide bonds. The summed E-state index contributed by atoms with van der Waals surface area (Å²) in [5.74, 6) is 0.355. The van der Waals surface area contributed by atoms with Crippen molar-refractivity contribution in [3.05, 3.63) is 65.7 Å². The Labute approximate surface area is 155 Å². The van der Waals surface area contributed by atoms with Crippen molar-refractivity contribution in [3.63, 3.8) is 0 Å². The van der Waals surface area contributed by atoms with E-state index in [0.717, 1.165) is 25.0 Å². The first-order valence-electron chi connectivity index (χ1n) is 8.50. The summed E-state index contributed by atoms with van der Waals surface area (Å²) in [6.45, 7) is 1.43. The number of nitrogens with two attached hydrogens (primary N) is 1. The quantitative estimate of drug-likeness (QED) is 0.802. The molecule has 1 aliphatic heterocycles. The lowest BCUT2D eigenvalue weighted by molar-refractivity contribution is -0.121. The predicted molar refractivity (Wildman–Crippen MR) is 103 cm³/mol. The van der Waals surface area contributed by atoms with Crippen molar-refractivity contribution in [1.29, 1.82) is 0 Å². The third-order valence-electron chi connectivity index (χ3n) is 4.48. The van der Waals surface area contributed by atoms with Gasteiger partial charge in [0.05, 0.1) is 12.5 Å². The molecular formula is C20H25ClN2O2. The third kappa shape index (κ3) is 5.48. The van der Waals surface area contributed by atoms with Crippen LogP contribution in [0.2, 0.25) is 0 Å². The first kappa shape index (κ1) is 19.3. The van der Waals surface area contributed by atoms with Gasteiger partial charge in [-0.05, 0) is 36.1 Å². The summed E-state index contributed by atoms with van der Waals surface area (Å²) in [5, 5.41) is 3.07. The molecule has 3 N–H and O–H groups in total. The molecule has 1 heterocycles. The van der Waals surface area contributed by atoms with E-state index in [0.29, 0.717) is 24.6 Å². The summed E-state index contributed by atoms with van der Waals surface area (Å²) in [5.41, 5.74) is 8.55. The Morgan fingerprint density at radius 2 is 1.84 bits per heavy atom. The number of rotatable bonds is 5. The van der Waals surface area contributed by atoms with E-state index in [-0.39, 0.29) is 24.4 Å². The maximum atomic E-state index is 12.2. The lowest BCUT2D eigenvalue weighted by atomic mass is 9.89. The van der Waals surface area contributed by atoms with Crippen LogP contribution in [-0.2, 0) is 16.0 Å². The minimum Gasteiger partial charge on any atom is -0.399 e. The lowest BCUT2D eigenvalue weighted by Gasteiger charge is -2.32. The van der Waals surface area contributed by atoms with Gasteiger partial charge in [-0.2, -0.15) is 0 Å². The Balaban J connectivity index is 0.00000225. The highest BCUT2D eigenvalue weighted by Crippen LogP contribution is 2.33. The van der Waals surface area contributed by atoms with Crippen LogP contribution in [0.3, 0.4) is 0 Å². The molecule has 0 bridgehead atoms. The zero-order valence-corrected chi connectivity index (χ0v) is 15.0. The van der Waals surface area contributed by atoms with Crippen molar-refractivity contribution in [2.75, 3.05) is 18.9 Å². The van der Waals surface area contributed by atoms with Crippen LogP contribution < -0.4 is 11.1 Å². The minimum absolute atomic E-state index is 0. The molecule has 25 heavy (non-hydrogen) atoms. The van der Waals surface area contributed by atoms with Gasteiger partial charge in [0.25, 0.3) is 0 Å². The van der Waals surface area contributed by atoms with Gasteiger partial charge in [-0.1, -0.05) is 42.5 Å². The Morgan fingerprint density at radius 3 is 2.56 bits per heavy atom. The molecule has 0 spiro atoms. The Bertz CT molecular complexity index is 661. The molecule has 0 aromatic heterocycles. The molecule has 2 aromatic rings. The minimum atomic E-state index is 0. The highest BCUT2D eigenvalue weighted by Gasteiger charge is 2.27. The number of amides is 1. The molecule has 2 unspecified atom stereocenters. The number of carbonyl (C=O) groups excluding carboxylic acids is 1. The molecule has 134 valence electrons. The van der Waals surface area contributed by atoms with Crippen molar-refractivity contribution in [3.8, 4) is 0 Å². The summed E-state index contributed by atoms with van der Waals surface area (Å²) in [4.78, 5) is 12.2. The number of hydrogen-bond donors (Lipinski definition) is 2. The Kier molecular flexibility index (Phi) is 7.29. The number of nitrogen functional groups attached to an aromatic ring is 1. The zero-order chi connectivity index (χ0) is 16.8. The first-order valence-corrected chi connectivity index (χ1v) is 8.50. The van der Waals surface area contributed by atoms with Gasteiger partial charge in [0, 0.05) is 24.8 Å². The monoisotopic (exact) mass is 360 g/mol. The number of hydrogen-bond acceptors (Lipinski definition) is 3. The van der Waals surface area contributed by atoms with Crippen LogP contribution in [0, 0.1) is 5.92 Å². The van der Waals surface area contributed by atoms with Crippen molar-refractivity contribution in [1.82, 2.24) is 5.32 Å². The van der Waals surface area contributed by atoms with Gasteiger partial charge in [-0.3, -0.25) is 4.79 Å². The largest absolute Gasteiger partial charge is 0.399 e. The second-order valence-corrected chi connectivity index (χ2v) is 6.33. The molecule has 3 rings (SSSR count). The zero-order valence-electron chi connectivity index (χ0n) is 14.2. The lowest BCUT2D eigenvalue weighted by Crippen LogP contribution is -2.35. The van der Waals surface area contributed by atoms with E-state index in [2.05, 4.69) is 17.4 Å². The second kappa shape index (κ2) is 9.44. The van der Waals surface area contributed by atoms with E-state index in [4.69, 9.17) is 10.5 Å². The second-order valence-electron chi connectivity index (χ2n) is 6.33. The summed E-state index contributed by atoms with van der Waals surface area (Å²) < 4.78 is 5.98. The van der Waals surface area contributed by atoms with Gasteiger partial charge in [-0.15, -0.1) is 12.4 Å². The number of anilines is 1. The molecule has 1 fully saturated rings.